The molecule has 0 radical (unpaired) electrons. The summed E-state index contributed by atoms with van der Waals surface area (Å²) in [7, 11) is 1.28. The van der Waals surface area contributed by atoms with Gasteiger partial charge in [0.25, 0.3) is 0 Å². The number of esters is 1. The highest BCUT2D eigenvalue weighted by Gasteiger charge is 2.38. The summed E-state index contributed by atoms with van der Waals surface area (Å²) in [6.45, 7) is 1.12. The lowest BCUT2D eigenvalue weighted by molar-refractivity contribution is -0.138. The van der Waals surface area contributed by atoms with E-state index in [2.05, 4.69) is 20.4 Å². The first-order valence-corrected chi connectivity index (χ1v) is 8.31. The molecular formula is C15H23N5O5. The van der Waals surface area contributed by atoms with Crippen LogP contribution in [0, 0.1) is 0 Å². The topological polar surface area (TPSA) is 130 Å². The molecule has 2 atom stereocenters. The second-order valence-electron chi connectivity index (χ2n) is 6.63. The summed E-state index contributed by atoms with van der Waals surface area (Å²) in [4.78, 5) is 25.8. The monoisotopic (exact) mass is 353 g/mol. The fourth-order valence-corrected chi connectivity index (χ4v) is 3.28. The Kier molecular flexibility index (Phi) is 5.02. The van der Waals surface area contributed by atoms with Crippen LogP contribution in [0.15, 0.2) is 6.20 Å². The number of likely N-dealkylation sites (tertiary alicyclic amines) is 1. The third kappa shape index (κ3) is 3.65. The molecule has 0 spiro atoms. The molecule has 1 amide bonds. The van der Waals surface area contributed by atoms with Crippen LogP contribution in [0.2, 0.25) is 0 Å². The molecule has 10 heteroatoms. The molecule has 10 nitrogen and oxygen atoms in total. The molecule has 0 aromatic carbocycles. The lowest BCUT2D eigenvalue weighted by atomic mass is 9.92. The molecule has 2 fully saturated rings. The number of methoxy groups -OCH3 is 1. The fraction of sp³-hybridized carbons (Fsp3) is 0.733. The molecule has 2 aliphatic rings. The van der Waals surface area contributed by atoms with E-state index in [1.807, 2.05) is 0 Å². The predicted molar refractivity (Wildman–Crippen MR) is 84.7 cm³/mol. The van der Waals surface area contributed by atoms with Gasteiger partial charge in [0, 0.05) is 19.6 Å². The number of aliphatic hydroxyl groups is 2. The van der Waals surface area contributed by atoms with Crippen molar-refractivity contribution in [3.8, 4) is 0 Å². The van der Waals surface area contributed by atoms with Gasteiger partial charge in [-0.1, -0.05) is 5.21 Å². The van der Waals surface area contributed by atoms with E-state index in [0.29, 0.717) is 38.9 Å². The quantitative estimate of drug-likeness (QED) is 0.547. The number of rotatable bonds is 4. The number of aromatic nitrogens is 3. The Morgan fingerprint density at radius 2 is 2.16 bits per heavy atom. The normalized spacial score (nSPS) is 25.8. The molecule has 3 heterocycles. The number of amides is 1. The number of nitrogens with zero attached hydrogens (tertiary/aromatic N) is 4. The van der Waals surface area contributed by atoms with Crippen molar-refractivity contribution < 1.29 is 24.5 Å². The summed E-state index contributed by atoms with van der Waals surface area (Å²) < 4.78 is 6.18. The van der Waals surface area contributed by atoms with Crippen LogP contribution in [0.1, 0.15) is 35.8 Å². The Bertz CT molecular complexity index is 640. The molecule has 3 rings (SSSR count). The van der Waals surface area contributed by atoms with Gasteiger partial charge in [-0.2, -0.15) is 0 Å². The minimum Gasteiger partial charge on any atom is -0.464 e. The summed E-state index contributed by atoms with van der Waals surface area (Å²) in [5, 5.41) is 30.1. The summed E-state index contributed by atoms with van der Waals surface area (Å²) >= 11 is 0. The second-order valence-corrected chi connectivity index (χ2v) is 6.63. The third-order valence-electron chi connectivity index (χ3n) is 4.98. The van der Waals surface area contributed by atoms with Gasteiger partial charge in [0.05, 0.1) is 37.6 Å². The van der Waals surface area contributed by atoms with Crippen LogP contribution in [0.25, 0.3) is 0 Å². The smallest absolute Gasteiger partial charge is 0.360 e. The Balaban J connectivity index is 1.57. The zero-order chi connectivity index (χ0) is 18.0. The van der Waals surface area contributed by atoms with Gasteiger partial charge in [-0.05, 0) is 19.3 Å². The summed E-state index contributed by atoms with van der Waals surface area (Å²) in [6, 6.07) is -0.407. The summed E-state index contributed by atoms with van der Waals surface area (Å²) in [5.41, 5.74) is -0.940. The predicted octanol–water partition coefficient (Wildman–Crippen LogP) is -1.69. The molecule has 1 aromatic rings. The number of hydrogen-bond donors (Lipinski definition) is 3. The zero-order valence-electron chi connectivity index (χ0n) is 14.1. The van der Waals surface area contributed by atoms with Gasteiger partial charge in [-0.3, -0.25) is 4.79 Å². The average molecular weight is 353 g/mol. The Hall–Kier alpha value is -2.04. The fourth-order valence-electron chi connectivity index (χ4n) is 3.28. The van der Waals surface area contributed by atoms with Gasteiger partial charge in [-0.25, -0.2) is 9.48 Å². The number of carbonyl (C=O) groups excluding carboxylic acids is 2. The van der Waals surface area contributed by atoms with Crippen LogP contribution < -0.4 is 5.32 Å². The van der Waals surface area contributed by atoms with Gasteiger partial charge < -0.3 is 25.2 Å². The number of ether oxygens (including phenoxy) is 1. The highest BCUT2D eigenvalue weighted by Crippen LogP contribution is 2.25. The minimum atomic E-state index is -1.08. The first kappa shape index (κ1) is 17.8. The van der Waals surface area contributed by atoms with E-state index in [1.54, 1.807) is 9.58 Å². The standard InChI is InChI=1S/C15H23N5O5/c1-25-14(23)12-8-20(18-17-12)10-6-11(16-7-10)13(22)19-4-2-15(24,9-21)3-5-19/h8,10-11,16,21,24H,2-7,9H2,1H3/t10-,11+/m1/s1. The Morgan fingerprint density at radius 3 is 2.80 bits per heavy atom. The van der Waals surface area contributed by atoms with Crippen molar-refractivity contribution in [3.05, 3.63) is 11.9 Å². The number of piperidine rings is 1. The van der Waals surface area contributed by atoms with E-state index in [4.69, 9.17) is 0 Å². The van der Waals surface area contributed by atoms with E-state index in [9.17, 15) is 19.8 Å². The van der Waals surface area contributed by atoms with Gasteiger partial charge in [0.2, 0.25) is 5.91 Å². The van der Waals surface area contributed by atoms with E-state index in [1.165, 1.54) is 13.3 Å². The van der Waals surface area contributed by atoms with Crippen LogP contribution in [0.4, 0.5) is 0 Å². The number of hydrogen-bond acceptors (Lipinski definition) is 8. The van der Waals surface area contributed by atoms with Crippen molar-refractivity contribution in [1.82, 2.24) is 25.2 Å². The van der Waals surface area contributed by atoms with Crippen molar-refractivity contribution in [2.45, 2.75) is 36.9 Å². The molecule has 138 valence electrons. The van der Waals surface area contributed by atoms with Crippen LogP contribution in [-0.2, 0) is 9.53 Å². The lowest BCUT2D eigenvalue weighted by Gasteiger charge is -2.38. The van der Waals surface area contributed by atoms with Crippen LogP contribution in [-0.4, -0.2) is 87.0 Å². The zero-order valence-corrected chi connectivity index (χ0v) is 14.1. The first-order valence-electron chi connectivity index (χ1n) is 8.31. The van der Waals surface area contributed by atoms with Crippen LogP contribution >= 0.6 is 0 Å². The Labute approximate surface area is 144 Å². The maximum Gasteiger partial charge on any atom is 0.360 e. The molecule has 0 unspecified atom stereocenters. The molecular weight excluding hydrogens is 330 g/mol. The Morgan fingerprint density at radius 1 is 1.44 bits per heavy atom. The first-order chi connectivity index (χ1) is 12.0. The van der Waals surface area contributed by atoms with Crippen molar-refractivity contribution in [2.75, 3.05) is 33.4 Å². The van der Waals surface area contributed by atoms with Crippen molar-refractivity contribution in [2.24, 2.45) is 0 Å². The highest BCUT2D eigenvalue weighted by molar-refractivity contribution is 5.86. The van der Waals surface area contributed by atoms with E-state index in [-0.39, 0.29) is 30.3 Å². The van der Waals surface area contributed by atoms with Crippen LogP contribution in [0.3, 0.4) is 0 Å². The number of carbonyl (C=O) groups is 2. The van der Waals surface area contributed by atoms with Crippen molar-refractivity contribution in [1.29, 1.82) is 0 Å². The molecule has 1 aromatic heterocycles. The van der Waals surface area contributed by atoms with E-state index in [0.717, 1.165) is 0 Å². The summed E-state index contributed by atoms with van der Waals surface area (Å²) in [6.07, 6.45) is 2.81. The van der Waals surface area contributed by atoms with Crippen molar-refractivity contribution in [3.63, 3.8) is 0 Å². The molecule has 0 bridgehead atoms. The molecule has 2 aliphatic heterocycles. The van der Waals surface area contributed by atoms with Crippen molar-refractivity contribution >= 4 is 11.9 Å². The SMILES string of the molecule is COC(=O)c1cn([C@H]2CN[C@H](C(=O)N3CCC(O)(CO)CC3)C2)nn1. The molecule has 0 aliphatic carbocycles. The molecule has 25 heavy (non-hydrogen) atoms. The molecule has 0 saturated carbocycles. The van der Waals surface area contributed by atoms with Gasteiger partial charge in [0.15, 0.2) is 5.69 Å². The maximum absolute atomic E-state index is 12.6. The lowest BCUT2D eigenvalue weighted by Crippen LogP contribution is -2.52. The molecule has 2 saturated heterocycles. The van der Waals surface area contributed by atoms with E-state index >= 15 is 0 Å². The van der Waals surface area contributed by atoms with Gasteiger partial charge in [-0.15, -0.1) is 5.10 Å². The second kappa shape index (κ2) is 7.06. The maximum atomic E-state index is 12.6. The average Bonchev–Trinajstić information content (AvgIpc) is 3.30. The third-order valence-corrected chi connectivity index (χ3v) is 4.98. The number of nitrogens with one attached hydrogen (secondary N) is 1. The van der Waals surface area contributed by atoms with Gasteiger partial charge in [0.1, 0.15) is 0 Å². The largest absolute Gasteiger partial charge is 0.464 e. The van der Waals surface area contributed by atoms with E-state index < -0.39 is 11.6 Å². The molecule has 3 N–H and O–H groups in total. The minimum absolute atomic E-state index is 0.0178. The highest BCUT2D eigenvalue weighted by atomic mass is 16.5. The van der Waals surface area contributed by atoms with Gasteiger partial charge >= 0.3 is 5.97 Å². The number of aliphatic hydroxyl groups excluding tert-OH is 1. The van der Waals surface area contributed by atoms with Crippen LogP contribution in [0.5, 0.6) is 0 Å². The summed E-state index contributed by atoms with van der Waals surface area (Å²) in [5.74, 6) is -0.565.